The summed E-state index contributed by atoms with van der Waals surface area (Å²) in [4.78, 5) is 18.3. The lowest BCUT2D eigenvalue weighted by atomic mass is 9.97. The summed E-state index contributed by atoms with van der Waals surface area (Å²) in [6.45, 7) is 6.53. The lowest BCUT2D eigenvalue weighted by molar-refractivity contribution is 0.175. The lowest BCUT2D eigenvalue weighted by Gasteiger charge is -2.32. The molecule has 6 nitrogen and oxygen atoms in total. The molecule has 1 fully saturated rings. The minimum absolute atomic E-state index is 0.0363. The fourth-order valence-corrected chi connectivity index (χ4v) is 2.98. The van der Waals surface area contributed by atoms with Crippen LogP contribution in [0.15, 0.2) is 30.9 Å². The normalized spacial score (nSPS) is 15.7. The molecule has 2 amide bonds. The molecule has 0 aliphatic carbocycles. The number of amides is 2. The highest BCUT2D eigenvalue weighted by Gasteiger charge is 2.23. The molecule has 1 aliphatic heterocycles. The predicted molar refractivity (Wildman–Crippen MR) is 89.3 cm³/mol. The van der Waals surface area contributed by atoms with Crippen LogP contribution < -0.4 is 5.32 Å². The fraction of sp³-hybridized carbons (Fsp3) is 0.471. The first-order valence-electron chi connectivity index (χ1n) is 8.07. The van der Waals surface area contributed by atoms with E-state index in [1.54, 1.807) is 12.4 Å². The Balaban J connectivity index is 1.49. The molecule has 3 heterocycles. The van der Waals surface area contributed by atoms with Gasteiger partial charge in [0.15, 0.2) is 0 Å². The van der Waals surface area contributed by atoms with Crippen LogP contribution in [-0.4, -0.2) is 38.8 Å². The van der Waals surface area contributed by atoms with Crippen LogP contribution in [0, 0.1) is 19.8 Å². The predicted octanol–water partition coefficient (Wildman–Crippen LogP) is 2.84. The van der Waals surface area contributed by atoms with Gasteiger partial charge in [-0.05, 0) is 49.8 Å². The number of piperidine rings is 1. The number of carbonyl (C=O) groups is 1. The Morgan fingerprint density at radius 3 is 2.65 bits per heavy atom. The van der Waals surface area contributed by atoms with Crippen molar-refractivity contribution in [3.63, 3.8) is 0 Å². The van der Waals surface area contributed by atoms with Crippen molar-refractivity contribution in [2.24, 2.45) is 5.92 Å². The zero-order chi connectivity index (χ0) is 16.2. The molecule has 1 saturated heterocycles. The van der Waals surface area contributed by atoms with Crippen LogP contribution in [0.3, 0.4) is 0 Å². The molecule has 0 atom stereocenters. The molecule has 0 unspecified atom stereocenters. The molecule has 0 aromatic carbocycles. The maximum absolute atomic E-state index is 12.3. The summed E-state index contributed by atoms with van der Waals surface area (Å²) in [6, 6.07) is 1.89. The number of hydrogen-bond acceptors (Lipinski definition) is 3. The summed E-state index contributed by atoms with van der Waals surface area (Å²) in [5.74, 6) is 0.582. The van der Waals surface area contributed by atoms with E-state index in [-0.39, 0.29) is 6.03 Å². The second kappa shape index (κ2) is 6.81. The number of aromatic nitrogens is 3. The third-order valence-electron chi connectivity index (χ3n) is 4.24. The fourth-order valence-electron chi connectivity index (χ4n) is 2.98. The Labute approximate surface area is 136 Å². The van der Waals surface area contributed by atoms with Crippen molar-refractivity contribution >= 4 is 11.7 Å². The second-order valence-electron chi connectivity index (χ2n) is 6.35. The minimum Gasteiger partial charge on any atom is -0.325 e. The SMILES string of the molecule is Cc1cncc(NC(=O)N2CCC(Cn3cc(C)cn3)CC2)c1. The van der Waals surface area contributed by atoms with Crippen molar-refractivity contribution in [1.82, 2.24) is 19.7 Å². The number of rotatable bonds is 3. The number of nitrogens with zero attached hydrogens (tertiary/aromatic N) is 4. The van der Waals surface area contributed by atoms with Gasteiger partial charge in [0.05, 0.1) is 18.1 Å². The summed E-state index contributed by atoms with van der Waals surface area (Å²) in [5, 5.41) is 7.27. The van der Waals surface area contributed by atoms with Gasteiger partial charge in [-0.3, -0.25) is 9.67 Å². The summed E-state index contributed by atoms with van der Waals surface area (Å²) < 4.78 is 2.01. The van der Waals surface area contributed by atoms with E-state index in [0.29, 0.717) is 5.92 Å². The van der Waals surface area contributed by atoms with Gasteiger partial charge in [-0.25, -0.2) is 4.79 Å². The monoisotopic (exact) mass is 313 g/mol. The molecule has 1 aliphatic rings. The van der Waals surface area contributed by atoms with Crippen LogP contribution in [0.25, 0.3) is 0 Å². The molecule has 0 saturated carbocycles. The third kappa shape index (κ3) is 4.09. The van der Waals surface area contributed by atoms with Gasteiger partial charge in [-0.1, -0.05) is 0 Å². The maximum Gasteiger partial charge on any atom is 0.321 e. The van der Waals surface area contributed by atoms with E-state index in [1.807, 2.05) is 28.8 Å². The van der Waals surface area contributed by atoms with Crippen LogP contribution >= 0.6 is 0 Å². The van der Waals surface area contributed by atoms with Crippen LogP contribution in [0.4, 0.5) is 10.5 Å². The molecule has 3 rings (SSSR count). The highest BCUT2D eigenvalue weighted by Crippen LogP contribution is 2.20. The molecule has 122 valence electrons. The van der Waals surface area contributed by atoms with Crippen LogP contribution in [0.2, 0.25) is 0 Å². The van der Waals surface area contributed by atoms with E-state index in [0.717, 1.165) is 43.7 Å². The number of nitrogens with one attached hydrogen (secondary N) is 1. The summed E-state index contributed by atoms with van der Waals surface area (Å²) in [7, 11) is 0. The Morgan fingerprint density at radius 2 is 2.00 bits per heavy atom. The molecule has 23 heavy (non-hydrogen) atoms. The highest BCUT2D eigenvalue weighted by atomic mass is 16.2. The Hall–Kier alpha value is -2.37. The Bertz CT molecular complexity index is 673. The summed E-state index contributed by atoms with van der Waals surface area (Å²) >= 11 is 0. The van der Waals surface area contributed by atoms with E-state index in [9.17, 15) is 4.79 Å². The average molecular weight is 313 g/mol. The Kier molecular flexibility index (Phi) is 4.60. The van der Waals surface area contributed by atoms with Crippen molar-refractivity contribution in [3.8, 4) is 0 Å². The molecule has 0 spiro atoms. The van der Waals surface area contributed by atoms with Gasteiger partial charge in [0, 0.05) is 32.0 Å². The van der Waals surface area contributed by atoms with Crippen LogP contribution in [-0.2, 0) is 6.54 Å². The lowest BCUT2D eigenvalue weighted by Crippen LogP contribution is -2.41. The molecule has 2 aromatic rings. The summed E-state index contributed by atoms with van der Waals surface area (Å²) in [6.07, 6.45) is 9.44. The number of pyridine rings is 1. The first-order chi connectivity index (χ1) is 11.1. The van der Waals surface area contributed by atoms with Crippen LogP contribution in [0.1, 0.15) is 24.0 Å². The third-order valence-corrected chi connectivity index (χ3v) is 4.24. The largest absolute Gasteiger partial charge is 0.325 e. The molecule has 6 heteroatoms. The summed E-state index contributed by atoms with van der Waals surface area (Å²) in [5.41, 5.74) is 2.98. The molecule has 2 aromatic heterocycles. The topological polar surface area (TPSA) is 63.1 Å². The molecule has 1 N–H and O–H groups in total. The number of urea groups is 1. The van der Waals surface area contributed by atoms with E-state index in [1.165, 1.54) is 5.56 Å². The van der Waals surface area contributed by atoms with E-state index < -0.39 is 0 Å². The molecule has 0 radical (unpaired) electrons. The van der Waals surface area contributed by atoms with Crippen molar-refractivity contribution in [1.29, 1.82) is 0 Å². The molecule has 0 bridgehead atoms. The van der Waals surface area contributed by atoms with Gasteiger partial charge in [0.1, 0.15) is 0 Å². The molecular weight excluding hydrogens is 290 g/mol. The van der Waals surface area contributed by atoms with E-state index >= 15 is 0 Å². The number of anilines is 1. The number of hydrogen-bond donors (Lipinski definition) is 1. The first-order valence-corrected chi connectivity index (χ1v) is 8.07. The minimum atomic E-state index is -0.0363. The zero-order valence-electron chi connectivity index (χ0n) is 13.7. The highest BCUT2D eigenvalue weighted by molar-refractivity contribution is 5.89. The quantitative estimate of drug-likeness (QED) is 0.947. The zero-order valence-corrected chi connectivity index (χ0v) is 13.7. The van der Waals surface area contributed by atoms with Gasteiger partial charge in [0.25, 0.3) is 0 Å². The van der Waals surface area contributed by atoms with Crippen molar-refractivity contribution in [2.75, 3.05) is 18.4 Å². The smallest absolute Gasteiger partial charge is 0.321 e. The number of likely N-dealkylation sites (tertiary alicyclic amines) is 1. The van der Waals surface area contributed by atoms with Gasteiger partial charge in [-0.15, -0.1) is 0 Å². The second-order valence-corrected chi connectivity index (χ2v) is 6.35. The van der Waals surface area contributed by atoms with Gasteiger partial charge >= 0.3 is 6.03 Å². The molecular formula is C17H23N5O. The van der Waals surface area contributed by atoms with Crippen LogP contribution in [0.5, 0.6) is 0 Å². The van der Waals surface area contributed by atoms with Gasteiger partial charge < -0.3 is 10.2 Å². The van der Waals surface area contributed by atoms with Crippen molar-refractivity contribution < 1.29 is 4.79 Å². The van der Waals surface area contributed by atoms with E-state index in [2.05, 4.69) is 28.5 Å². The van der Waals surface area contributed by atoms with Crippen molar-refractivity contribution in [2.45, 2.75) is 33.2 Å². The standard InChI is InChI=1S/C17H23N5O/c1-13-7-16(10-18-8-13)20-17(23)21-5-3-15(4-6-21)12-22-11-14(2)9-19-22/h7-11,15H,3-6,12H2,1-2H3,(H,20,23). The average Bonchev–Trinajstić information content (AvgIpc) is 2.93. The number of aryl methyl sites for hydroxylation is 2. The first kappa shape index (κ1) is 15.5. The Morgan fingerprint density at radius 1 is 1.22 bits per heavy atom. The van der Waals surface area contributed by atoms with Gasteiger partial charge in [-0.2, -0.15) is 5.10 Å². The van der Waals surface area contributed by atoms with E-state index in [4.69, 9.17) is 0 Å². The number of carbonyl (C=O) groups excluding carboxylic acids is 1. The van der Waals surface area contributed by atoms with Crippen molar-refractivity contribution in [3.05, 3.63) is 42.0 Å². The van der Waals surface area contributed by atoms with Gasteiger partial charge in [0.2, 0.25) is 0 Å². The maximum atomic E-state index is 12.3.